The number of aromatic nitrogens is 1. The van der Waals surface area contributed by atoms with Gasteiger partial charge in [-0.25, -0.2) is 4.98 Å². The molecule has 0 spiro atoms. The fourth-order valence-electron chi connectivity index (χ4n) is 3.61. The summed E-state index contributed by atoms with van der Waals surface area (Å²) in [5.41, 5.74) is 1.38. The number of fused-ring (bicyclic) bond motifs is 1. The highest BCUT2D eigenvalue weighted by atomic mass is 15.3. The van der Waals surface area contributed by atoms with Crippen LogP contribution in [0.4, 0.5) is 5.82 Å². The number of hydrogen-bond acceptors (Lipinski definition) is 4. The maximum absolute atomic E-state index is 4.40. The lowest BCUT2D eigenvalue weighted by atomic mass is 10.2. The third kappa shape index (κ3) is 3.95. The van der Waals surface area contributed by atoms with Crippen molar-refractivity contribution in [2.24, 2.45) is 0 Å². The van der Waals surface area contributed by atoms with Gasteiger partial charge in [0.15, 0.2) is 0 Å². The highest BCUT2D eigenvalue weighted by molar-refractivity contribution is 5.37. The minimum atomic E-state index is 0.798. The molecule has 21 heavy (non-hydrogen) atoms. The first kappa shape index (κ1) is 14.8. The normalized spacial score (nSPS) is 23.8. The topological polar surface area (TPSA) is 31.4 Å². The van der Waals surface area contributed by atoms with E-state index < -0.39 is 0 Å². The number of rotatable bonds is 5. The third-order valence-corrected chi connectivity index (χ3v) is 4.67. The van der Waals surface area contributed by atoms with Gasteiger partial charge in [-0.2, -0.15) is 0 Å². The summed E-state index contributed by atoms with van der Waals surface area (Å²) in [6, 6.07) is 5.17. The van der Waals surface area contributed by atoms with Crippen molar-refractivity contribution in [1.29, 1.82) is 0 Å². The zero-order valence-corrected chi connectivity index (χ0v) is 13.2. The Hall–Kier alpha value is -1.13. The van der Waals surface area contributed by atoms with Crippen molar-refractivity contribution in [3.05, 3.63) is 23.9 Å². The standard InChI is InChI=1S/C17H28N4/c1-2-7-18-17-12-15(6-8-19-17)13-20-9-4-11-21-10-3-5-16(21)14-20/h6,8,12,16H,2-5,7,9-11,13-14H2,1H3,(H,18,19). The zero-order valence-electron chi connectivity index (χ0n) is 13.2. The van der Waals surface area contributed by atoms with Gasteiger partial charge in [0.25, 0.3) is 0 Å². The van der Waals surface area contributed by atoms with Crippen molar-refractivity contribution in [1.82, 2.24) is 14.8 Å². The van der Waals surface area contributed by atoms with E-state index in [1.54, 1.807) is 0 Å². The molecule has 0 aromatic carbocycles. The van der Waals surface area contributed by atoms with E-state index in [0.29, 0.717) is 0 Å². The largest absolute Gasteiger partial charge is 0.370 e. The Morgan fingerprint density at radius 2 is 2.19 bits per heavy atom. The molecule has 0 radical (unpaired) electrons. The molecule has 4 heteroatoms. The van der Waals surface area contributed by atoms with Crippen LogP contribution in [0.5, 0.6) is 0 Å². The van der Waals surface area contributed by atoms with E-state index in [4.69, 9.17) is 0 Å². The molecule has 0 amide bonds. The molecule has 4 nitrogen and oxygen atoms in total. The minimum Gasteiger partial charge on any atom is -0.370 e. The average molecular weight is 288 g/mol. The van der Waals surface area contributed by atoms with E-state index >= 15 is 0 Å². The molecule has 0 bridgehead atoms. The number of nitrogens with one attached hydrogen (secondary N) is 1. The van der Waals surface area contributed by atoms with Gasteiger partial charge in [-0.15, -0.1) is 0 Å². The molecule has 1 unspecified atom stereocenters. The molecule has 2 aliphatic rings. The van der Waals surface area contributed by atoms with Gasteiger partial charge in [-0.05, 0) is 63.0 Å². The Balaban J connectivity index is 1.60. The number of pyridine rings is 1. The highest BCUT2D eigenvalue weighted by Crippen LogP contribution is 2.22. The van der Waals surface area contributed by atoms with Gasteiger partial charge in [0.05, 0.1) is 0 Å². The molecule has 116 valence electrons. The monoisotopic (exact) mass is 288 g/mol. The molecule has 2 saturated heterocycles. The fourth-order valence-corrected chi connectivity index (χ4v) is 3.61. The molecule has 3 rings (SSSR count). The van der Waals surface area contributed by atoms with E-state index in [1.165, 1.54) is 51.0 Å². The second-order valence-electron chi connectivity index (χ2n) is 6.40. The lowest BCUT2D eigenvalue weighted by Gasteiger charge is -2.25. The molecule has 2 fully saturated rings. The van der Waals surface area contributed by atoms with Gasteiger partial charge >= 0.3 is 0 Å². The summed E-state index contributed by atoms with van der Waals surface area (Å²) >= 11 is 0. The molecule has 0 saturated carbocycles. The Morgan fingerprint density at radius 3 is 3.10 bits per heavy atom. The van der Waals surface area contributed by atoms with Gasteiger partial charge in [-0.3, -0.25) is 9.80 Å². The summed E-state index contributed by atoms with van der Waals surface area (Å²) < 4.78 is 0. The summed E-state index contributed by atoms with van der Waals surface area (Å²) in [4.78, 5) is 9.73. The van der Waals surface area contributed by atoms with Crippen molar-refractivity contribution in [3.63, 3.8) is 0 Å². The molecule has 1 aromatic heterocycles. The predicted molar refractivity (Wildman–Crippen MR) is 87.5 cm³/mol. The third-order valence-electron chi connectivity index (χ3n) is 4.67. The predicted octanol–water partition coefficient (Wildman–Crippen LogP) is 2.57. The molecule has 3 heterocycles. The maximum Gasteiger partial charge on any atom is 0.126 e. The highest BCUT2D eigenvalue weighted by Gasteiger charge is 2.28. The van der Waals surface area contributed by atoms with E-state index in [9.17, 15) is 0 Å². The van der Waals surface area contributed by atoms with Crippen LogP contribution in [0, 0.1) is 0 Å². The zero-order chi connectivity index (χ0) is 14.5. The molecule has 0 aliphatic carbocycles. The van der Waals surface area contributed by atoms with Crippen LogP contribution in [0.15, 0.2) is 18.3 Å². The summed E-state index contributed by atoms with van der Waals surface area (Å²) in [6.07, 6.45) is 7.15. The van der Waals surface area contributed by atoms with Gasteiger partial charge < -0.3 is 5.32 Å². The molecule has 1 N–H and O–H groups in total. The Labute approximate surface area is 128 Å². The first-order valence-corrected chi connectivity index (χ1v) is 8.50. The van der Waals surface area contributed by atoms with Crippen LogP contribution in [-0.2, 0) is 6.54 Å². The van der Waals surface area contributed by atoms with E-state index in [1.807, 2.05) is 6.20 Å². The van der Waals surface area contributed by atoms with Crippen molar-refractivity contribution < 1.29 is 0 Å². The number of hydrogen-bond donors (Lipinski definition) is 1. The van der Waals surface area contributed by atoms with Gasteiger partial charge in [-0.1, -0.05) is 6.92 Å². The van der Waals surface area contributed by atoms with Crippen molar-refractivity contribution in [3.8, 4) is 0 Å². The van der Waals surface area contributed by atoms with Crippen molar-refractivity contribution in [2.75, 3.05) is 38.0 Å². The average Bonchev–Trinajstić information content (AvgIpc) is 2.84. The Kier molecular flexibility index (Phi) is 5.09. The lowest BCUT2D eigenvalue weighted by molar-refractivity contribution is 0.215. The maximum atomic E-state index is 4.40. The lowest BCUT2D eigenvalue weighted by Crippen LogP contribution is -2.36. The van der Waals surface area contributed by atoms with E-state index in [0.717, 1.165) is 31.4 Å². The van der Waals surface area contributed by atoms with Crippen LogP contribution < -0.4 is 5.32 Å². The fraction of sp³-hybridized carbons (Fsp3) is 0.706. The molecule has 1 atom stereocenters. The van der Waals surface area contributed by atoms with Crippen LogP contribution in [0.25, 0.3) is 0 Å². The summed E-state index contributed by atoms with van der Waals surface area (Å²) in [5, 5.41) is 3.38. The van der Waals surface area contributed by atoms with Gasteiger partial charge in [0.2, 0.25) is 0 Å². The summed E-state index contributed by atoms with van der Waals surface area (Å²) in [7, 11) is 0. The van der Waals surface area contributed by atoms with Crippen LogP contribution in [0.2, 0.25) is 0 Å². The Morgan fingerprint density at radius 1 is 1.29 bits per heavy atom. The summed E-state index contributed by atoms with van der Waals surface area (Å²) in [6.45, 7) is 9.32. The van der Waals surface area contributed by atoms with Crippen molar-refractivity contribution >= 4 is 5.82 Å². The summed E-state index contributed by atoms with van der Waals surface area (Å²) in [5.74, 6) is 1.02. The first-order valence-electron chi connectivity index (χ1n) is 8.50. The second-order valence-corrected chi connectivity index (χ2v) is 6.40. The van der Waals surface area contributed by atoms with Crippen LogP contribution in [-0.4, -0.2) is 53.5 Å². The molecular formula is C17H28N4. The van der Waals surface area contributed by atoms with Gasteiger partial charge in [0.1, 0.15) is 5.82 Å². The molecule has 2 aliphatic heterocycles. The van der Waals surface area contributed by atoms with Crippen molar-refractivity contribution in [2.45, 2.75) is 45.2 Å². The molecular weight excluding hydrogens is 260 g/mol. The van der Waals surface area contributed by atoms with E-state index in [-0.39, 0.29) is 0 Å². The van der Waals surface area contributed by atoms with Crippen LogP contribution >= 0.6 is 0 Å². The van der Waals surface area contributed by atoms with Crippen LogP contribution in [0.3, 0.4) is 0 Å². The second kappa shape index (κ2) is 7.23. The number of nitrogens with zero attached hydrogens (tertiary/aromatic N) is 3. The first-order chi connectivity index (χ1) is 10.3. The Bertz CT molecular complexity index is 448. The van der Waals surface area contributed by atoms with Gasteiger partial charge in [0, 0.05) is 31.9 Å². The minimum absolute atomic E-state index is 0.798. The molecule has 1 aromatic rings. The quantitative estimate of drug-likeness (QED) is 0.902. The smallest absolute Gasteiger partial charge is 0.126 e. The van der Waals surface area contributed by atoms with E-state index in [2.05, 4.69) is 39.2 Å². The number of anilines is 1. The SMILES string of the molecule is CCCNc1cc(CN2CCCN3CCCC3C2)ccn1. The van der Waals surface area contributed by atoms with Crippen LogP contribution in [0.1, 0.15) is 38.2 Å².